The molecule has 6 atom stereocenters. The third-order valence-electron chi connectivity index (χ3n) is 3.35. The molecular weight excluding hydrogens is 284 g/mol. The number of aliphatic hydroxyl groups is 4. The molecule has 0 aromatic heterocycles. The molecule has 118 valence electrons. The second-order valence-corrected chi connectivity index (χ2v) is 4.55. The molecule has 0 bridgehead atoms. The van der Waals surface area contributed by atoms with Gasteiger partial charge >= 0.3 is 0 Å². The maximum atomic E-state index is 11.7. The van der Waals surface area contributed by atoms with E-state index in [1.54, 1.807) is 0 Å². The summed E-state index contributed by atoms with van der Waals surface area (Å²) in [5, 5.41) is 39.9. The molecule has 1 unspecified atom stereocenters. The quantitative estimate of drug-likeness (QED) is 0.402. The van der Waals surface area contributed by atoms with Crippen LogP contribution in [0.5, 0.6) is 0 Å². The van der Waals surface area contributed by atoms with Crippen LogP contribution in [0, 0.1) is 0 Å². The molecule has 0 aromatic rings. The minimum Gasteiger partial charge on any atom is -0.387 e. The van der Waals surface area contributed by atoms with Crippen molar-refractivity contribution < 1.29 is 39.5 Å². The van der Waals surface area contributed by atoms with Crippen LogP contribution < -0.4 is 0 Å². The molecule has 1 rings (SSSR count). The first-order chi connectivity index (χ1) is 9.75. The third kappa shape index (κ3) is 2.82. The highest BCUT2D eigenvalue weighted by Crippen LogP contribution is 2.33. The minimum atomic E-state index is -2.61. The van der Waals surface area contributed by atoms with Gasteiger partial charge in [-0.15, -0.1) is 0 Å². The van der Waals surface area contributed by atoms with Crippen molar-refractivity contribution in [3.63, 3.8) is 0 Å². The SMILES string of the molecule is C=CC(=O)C(O)[C@H]1O[C@H](OC)[C@@](O)(C(=O)C=C)[C@@H](O)[C@H]1O. The maximum Gasteiger partial charge on any atom is 0.206 e. The molecule has 1 saturated heterocycles. The Labute approximate surface area is 120 Å². The van der Waals surface area contributed by atoms with E-state index in [0.717, 1.165) is 19.3 Å². The van der Waals surface area contributed by atoms with Crippen molar-refractivity contribution in [2.75, 3.05) is 7.11 Å². The highest BCUT2D eigenvalue weighted by molar-refractivity contribution is 5.97. The summed E-state index contributed by atoms with van der Waals surface area (Å²) in [6.45, 7) is 6.35. The smallest absolute Gasteiger partial charge is 0.206 e. The Hall–Kier alpha value is -1.42. The molecule has 8 heteroatoms. The Morgan fingerprint density at radius 1 is 1.33 bits per heavy atom. The van der Waals surface area contributed by atoms with Crippen molar-refractivity contribution in [1.82, 2.24) is 0 Å². The molecule has 1 fully saturated rings. The Balaban J connectivity index is 3.17. The van der Waals surface area contributed by atoms with Crippen LogP contribution in [-0.4, -0.2) is 75.4 Å². The van der Waals surface area contributed by atoms with Crippen molar-refractivity contribution in [2.24, 2.45) is 0 Å². The molecule has 0 aromatic carbocycles. The minimum absolute atomic E-state index is 0.733. The van der Waals surface area contributed by atoms with Crippen LogP contribution in [0.1, 0.15) is 0 Å². The Morgan fingerprint density at radius 3 is 2.33 bits per heavy atom. The highest BCUT2D eigenvalue weighted by atomic mass is 16.7. The van der Waals surface area contributed by atoms with Gasteiger partial charge in [-0.05, 0) is 12.2 Å². The second kappa shape index (κ2) is 6.56. The number of aliphatic hydroxyl groups excluding tert-OH is 3. The molecule has 0 saturated carbocycles. The molecule has 1 aliphatic heterocycles. The number of methoxy groups -OCH3 is 1. The zero-order valence-electron chi connectivity index (χ0n) is 11.4. The molecule has 1 aliphatic rings. The van der Waals surface area contributed by atoms with E-state index >= 15 is 0 Å². The number of ketones is 2. The van der Waals surface area contributed by atoms with Gasteiger partial charge in [-0.3, -0.25) is 9.59 Å². The molecule has 0 aliphatic carbocycles. The highest BCUT2D eigenvalue weighted by Gasteiger charge is 2.60. The number of hydrogen-bond donors (Lipinski definition) is 4. The first-order valence-electron chi connectivity index (χ1n) is 6.03. The zero-order valence-corrected chi connectivity index (χ0v) is 11.4. The van der Waals surface area contributed by atoms with E-state index in [4.69, 9.17) is 9.47 Å². The van der Waals surface area contributed by atoms with Gasteiger partial charge in [0, 0.05) is 7.11 Å². The zero-order chi connectivity index (χ0) is 16.4. The van der Waals surface area contributed by atoms with Crippen molar-refractivity contribution in [2.45, 2.75) is 36.3 Å². The monoisotopic (exact) mass is 302 g/mol. The number of rotatable bonds is 6. The number of hydrogen-bond acceptors (Lipinski definition) is 8. The summed E-state index contributed by atoms with van der Waals surface area (Å²) < 4.78 is 9.85. The van der Waals surface area contributed by atoms with E-state index in [-0.39, 0.29) is 0 Å². The lowest BCUT2D eigenvalue weighted by atomic mass is 9.81. The van der Waals surface area contributed by atoms with Gasteiger partial charge in [-0.2, -0.15) is 0 Å². The molecule has 4 N–H and O–H groups in total. The molecule has 0 radical (unpaired) electrons. The lowest BCUT2D eigenvalue weighted by molar-refractivity contribution is -0.327. The van der Waals surface area contributed by atoms with Crippen molar-refractivity contribution in [3.05, 3.63) is 25.3 Å². The van der Waals surface area contributed by atoms with E-state index in [9.17, 15) is 30.0 Å². The van der Waals surface area contributed by atoms with Crippen LogP contribution in [0.2, 0.25) is 0 Å². The fourth-order valence-corrected chi connectivity index (χ4v) is 2.11. The number of carbonyl (C=O) groups is 2. The standard InChI is InChI=1S/C13H18O8/c1-4-6(14)8(16)10-9(17)11(18)13(19,7(15)5-2)12(20-3)21-10/h4-5,8-12,16-19H,1-2H2,3H3/t8?,9-,10+,11-,12-,13+/m0/s1. The summed E-state index contributed by atoms with van der Waals surface area (Å²) in [6, 6.07) is 0. The van der Waals surface area contributed by atoms with Crippen molar-refractivity contribution in [1.29, 1.82) is 0 Å². The molecule has 1 heterocycles. The average Bonchev–Trinajstić information content (AvgIpc) is 2.50. The summed E-state index contributed by atoms with van der Waals surface area (Å²) in [5.74, 6) is -1.90. The Kier molecular flexibility index (Phi) is 5.51. The maximum absolute atomic E-state index is 11.7. The lowest BCUT2D eigenvalue weighted by Gasteiger charge is -2.46. The topological polar surface area (TPSA) is 134 Å². The van der Waals surface area contributed by atoms with E-state index in [0.29, 0.717) is 0 Å². The summed E-state index contributed by atoms with van der Waals surface area (Å²) in [4.78, 5) is 23.1. The van der Waals surface area contributed by atoms with Gasteiger partial charge < -0.3 is 29.9 Å². The second-order valence-electron chi connectivity index (χ2n) is 4.55. The largest absolute Gasteiger partial charge is 0.387 e. The van der Waals surface area contributed by atoms with Crippen LogP contribution in [0.25, 0.3) is 0 Å². The van der Waals surface area contributed by atoms with E-state index < -0.39 is 47.9 Å². The Bertz CT molecular complexity index is 441. The van der Waals surface area contributed by atoms with Crippen molar-refractivity contribution >= 4 is 11.6 Å². The normalized spacial score (nSPS) is 37.6. The van der Waals surface area contributed by atoms with Gasteiger partial charge in [0.15, 0.2) is 17.9 Å². The molecule has 0 amide bonds. The molecule has 0 spiro atoms. The van der Waals surface area contributed by atoms with Crippen LogP contribution in [0.15, 0.2) is 25.3 Å². The fraction of sp³-hybridized carbons (Fsp3) is 0.538. The lowest BCUT2D eigenvalue weighted by Crippen LogP contribution is -2.71. The van der Waals surface area contributed by atoms with Crippen LogP contribution in [0.3, 0.4) is 0 Å². The van der Waals surface area contributed by atoms with Crippen LogP contribution in [-0.2, 0) is 19.1 Å². The van der Waals surface area contributed by atoms with E-state index in [1.165, 1.54) is 0 Å². The summed E-state index contributed by atoms with van der Waals surface area (Å²) in [6.07, 6.45) is -7.58. The molecule has 8 nitrogen and oxygen atoms in total. The Morgan fingerprint density at radius 2 is 1.90 bits per heavy atom. The van der Waals surface area contributed by atoms with Gasteiger partial charge in [0.05, 0.1) is 0 Å². The number of carbonyl (C=O) groups excluding carboxylic acids is 2. The first-order valence-corrected chi connectivity index (χ1v) is 6.03. The third-order valence-corrected chi connectivity index (χ3v) is 3.35. The summed E-state index contributed by atoms with van der Waals surface area (Å²) in [5.41, 5.74) is -2.61. The predicted octanol–water partition coefficient (Wildman–Crippen LogP) is -2.32. The fourth-order valence-electron chi connectivity index (χ4n) is 2.11. The van der Waals surface area contributed by atoms with Gasteiger partial charge in [0.1, 0.15) is 24.4 Å². The first kappa shape index (κ1) is 17.6. The summed E-state index contributed by atoms with van der Waals surface area (Å²) in [7, 11) is 1.08. The van der Waals surface area contributed by atoms with Gasteiger partial charge in [-0.1, -0.05) is 13.2 Å². The molecular formula is C13H18O8. The van der Waals surface area contributed by atoms with Gasteiger partial charge in [0.2, 0.25) is 5.60 Å². The average molecular weight is 302 g/mol. The van der Waals surface area contributed by atoms with Crippen LogP contribution in [0.4, 0.5) is 0 Å². The van der Waals surface area contributed by atoms with Crippen LogP contribution >= 0.6 is 0 Å². The van der Waals surface area contributed by atoms with E-state index in [2.05, 4.69) is 13.2 Å². The van der Waals surface area contributed by atoms with Crippen molar-refractivity contribution in [3.8, 4) is 0 Å². The summed E-state index contributed by atoms with van der Waals surface area (Å²) >= 11 is 0. The number of ether oxygens (including phenoxy) is 2. The van der Waals surface area contributed by atoms with E-state index in [1.807, 2.05) is 0 Å². The predicted molar refractivity (Wildman–Crippen MR) is 69.0 cm³/mol. The van der Waals surface area contributed by atoms with Gasteiger partial charge in [-0.25, -0.2) is 0 Å². The molecule has 21 heavy (non-hydrogen) atoms. The van der Waals surface area contributed by atoms with Gasteiger partial charge in [0.25, 0.3) is 0 Å².